The van der Waals surface area contributed by atoms with Gasteiger partial charge in [0, 0.05) is 17.2 Å². The van der Waals surface area contributed by atoms with Crippen LogP contribution < -0.4 is 5.73 Å². The Morgan fingerprint density at radius 3 is 3.00 bits per heavy atom. The van der Waals surface area contributed by atoms with Gasteiger partial charge in [0.15, 0.2) is 0 Å². The van der Waals surface area contributed by atoms with E-state index in [1.807, 2.05) is 16.7 Å². The number of rotatable bonds is 2. The predicted octanol–water partition coefficient (Wildman–Crippen LogP) is 2.40. The van der Waals surface area contributed by atoms with Crippen LogP contribution >= 0.6 is 15.9 Å². The summed E-state index contributed by atoms with van der Waals surface area (Å²) in [7, 11) is 0. The van der Waals surface area contributed by atoms with Gasteiger partial charge in [0.25, 0.3) is 0 Å². The Hall–Kier alpha value is -1.13. The Balaban J connectivity index is 2.59. The first-order chi connectivity index (χ1) is 7.24. The zero-order valence-electron chi connectivity index (χ0n) is 8.44. The van der Waals surface area contributed by atoms with Crippen molar-refractivity contribution in [2.75, 3.05) is 0 Å². The van der Waals surface area contributed by atoms with E-state index in [0.29, 0.717) is 6.54 Å². The van der Waals surface area contributed by atoms with Gasteiger partial charge in [0.1, 0.15) is 0 Å². The second kappa shape index (κ2) is 4.16. The minimum absolute atomic E-state index is 0.492. The third kappa shape index (κ3) is 1.82. The van der Waals surface area contributed by atoms with Gasteiger partial charge in [-0.05, 0) is 24.6 Å². The van der Waals surface area contributed by atoms with Gasteiger partial charge in [-0.3, -0.25) is 0 Å². The lowest BCUT2D eigenvalue weighted by molar-refractivity contribution is 0.903. The average molecular weight is 266 g/mol. The molecule has 0 aliphatic heterocycles. The van der Waals surface area contributed by atoms with E-state index >= 15 is 0 Å². The average Bonchev–Trinajstić information content (AvgIpc) is 2.70. The molecule has 1 heterocycles. The summed E-state index contributed by atoms with van der Waals surface area (Å²) >= 11 is 3.51. The van der Waals surface area contributed by atoms with Crippen molar-refractivity contribution >= 4 is 15.9 Å². The summed E-state index contributed by atoms with van der Waals surface area (Å²) in [4.78, 5) is 4.11. The fourth-order valence-electron chi connectivity index (χ4n) is 1.55. The molecule has 0 aliphatic carbocycles. The third-order valence-corrected chi connectivity index (χ3v) is 3.28. The highest BCUT2D eigenvalue weighted by Gasteiger charge is 2.06. The van der Waals surface area contributed by atoms with Crippen molar-refractivity contribution in [1.82, 2.24) is 9.55 Å². The second-order valence-electron chi connectivity index (χ2n) is 3.34. The minimum Gasteiger partial charge on any atom is -0.325 e. The number of halogens is 1. The summed E-state index contributed by atoms with van der Waals surface area (Å²) in [5.74, 6) is 0. The molecule has 2 rings (SSSR count). The lowest BCUT2D eigenvalue weighted by Gasteiger charge is -2.10. The quantitative estimate of drug-likeness (QED) is 0.907. The van der Waals surface area contributed by atoms with Crippen molar-refractivity contribution in [3.63, 3.8) is 0 Å². The van der Waals surface area contributed by atoms with Crippen molar-refractivity contribution < 1.29 is 0 Å². The molecule has 0 unspecified atom stereocenters. The van der Waals surface area contributed by atoms with Crippen molar-refractivity contribution in [2.45, 2.75) is 13.5 Å². The van der Waals surface area contributed by atoms with E-state index in [2.05, 4.69) is 33.9 Å². The highest BCUT2D eigenvalue weighted by molar-refractivity contribution is 9.10. The first-order valence-corrected chi connectivity index (χ1v) is 5.50. The molecule has 0 amide bonds. The number of hydrogen-bond acceptors (Lipinski definition) is 2. The topological polar surface area (TPSA) is 43.8 Å². The Bertz CT molecular complexity index is 476. The molecule has 0 saturated carbocycles. The molecule has 1 aromatic carbocycles. The highest BCUT2D eigenvalue weighted by atomic mass is 79.9. The smallest absolute Gasteiger partial charge is 0.0994 e. The lowest BCUT2D eigenvalue weighted by atomic mass is 10.2. The summed E-state index contributed by atoms with van der Waals surface area (Å²) in [6.45, 7) is 2.56. The number of benzene rings is 1. The molecule has 0 atom stereocenters. The van der Waals surface area contributed by atoms with Crippen LogP contribution in [0.3, 0.4) is 0 Å². The molecule has 0 aliphatic rings. The van der Waals surface area contributed by atoms with Crippen LogP contribution in [0.25, 0.3) is 5.69 Å². The van der Waals surface area contributed by atoms with Gasteiger partial charge < -0.3 is 10.3 Å². The van der Waals surface area contributed by atoms with Crippen LogP contribution in [0.1, 0.15) is 11.3 Å². The van der Waals surface area contributed by atoms with Gasteiger partial charge in [0.2, 0.25) is 0 Å². The van der Waals surface area contributed by atoms with Gasteiger partial charge in [-0.1, -0.05) is 22.0 Å². The first-order valence-electron chi connectivity index (χ1n) is 4.71. The predicted molar refractivity (Wildman–Crippen MR) is 63.9 cm³/mol. The molecule has 3 nitrogen and oxygen atoms in total. The fraction of sp³-hybridized carbons (Fsp3) is 0.182. The molecule has 0 bridgehead atoms. The Morgan fingerprint density at radius 2 is 2.27 bits per heavy atom. The maximum Gasteiger partial charge on any atom is 0.0994 e. The van der Waals surface area contributed by atoms with Gasteiger partial charge in [-0.15, -0.1) is 0 Å². The van der Waals surface area contributed by atoms with Crippen LogP contribution in [-0.4, -0.2) is 9.55 Å². The number of nitrogens with two attached hydrogens (primary N) is 1. The largest absolute Gasteiger partial charge is 0.325 e. The molecule has 78 valence electrons. The summed E-state index contributed by atoms with van der Waals surface area (Å²) < 4.78 is 3.11. The van der Waals surface area contributed by atoms with Crippen LogP contribution in [0.15, 0.2) is 35.2 Å². The molecule has 2 aromatic rings. The SMILES string of the molecule is Cc1c(Br)cccc1-n1cncc1CN. The molecule has 0 fully saturated rings. The van der Waals surface area contributed by atoms with Crippen LogP contribution in [0.4, 0.5) is 0 Å². The lowest BCUT2D eigenvalue weighted by Crippen LogP contribution is -2.05. The van der Waals surface area contributed by atoms with E-state index < -0.39 is 0 Å². The molecular formula is C11H12BrN3. The summed E-state index contributed by atoms with van der Waals surface area (Å²) in [5, 5.41) is 0. The van der Waals surface area contributed by atoms with E-state index in [9.17, 15) is 0 Å². The van der Waals surface area contributed by atoms with E-state index in [0.717, 1.165) is 15.9 Å². The number of hydrogen-bond donors (Lipinski definition) is 1. The maximum atomic E-state index is 5.65. The third-order valence-electron chi connectivity index (χ3n) is 2.42. The molecule has 1 aromatic heterocycles. The van der Waals surface area contributed by atoms with Gasteiger partial charge in [-0.25, -0.2) is 4.98 Å². The van der Waals surface area contributed by atoms with Crippen LogP contribution in [0.2, 0.25) is 0 Å². The zero-order valence-corrected chi connectivity index (χ0v) is 10.0. The summed E-state index contributed by atoms with van der Waals surface area (Å²) in [6.07, 6.45) is 3.58. The molecule has 4 heteroatoms. The van der Waals surface area contributed by atoms with Crippen molar-refractivity contribution in [2.24, 2.45) is 5.73 Å². The van der Waals surface area contributed by atoms with Crippen LogP contribution in [0.5, 0.6) is 0 Å². The van der Waals surface area contributed by atoms with Crippen molar-refractivity contribution in [1.29, 1.82) is 0 Å². The highest BCUT2D eigenvalue weighted by Crippen LogP contribution is 2.23. The van der Waals surface area contributed by atoms with Gasteiger partial charge in [-0.2, -0.15) is 0 Å². The standard InChI is InChI=1S/C11H12BrN3/c1-8-10(12)3-2-4-11(8)15-7-14-6-9(15)5-13/h2-4,6-7H,5,13H2,1H3. The van der Waals surface area contributed by atoms with Crippen molar-refractivity contribution in [3.05, 3.63) is 46.5 Å². The number of imidazole rings is 1. The monoisotopic (exact) mass is 265 g/mol. The van der Waals surface area contributed by atoms with Gasteiger partial charge >= 0.3 is 0 Å². The molecular weight excluding hydrogens is 254 g/mol. The van der Waals surface area contributed by atoms with E-state index in [-0.39, 0.29) is 0 Å². The molecule has 0 saturated heterocycles. The second-order valence-corrected chi connectivity index (χ2v) is 4.20. The number of aromatic nitrogens is 2. The summed E-state index contributed by atoms with van der Waals surface area (Å²) in [6, 6.07) is 6.09. The van der Waals surface area contributed by atoms with Gasteiger partial charge in [0.05, 0.1) is 17.7 Å². The Labute approximate surface area is 97.1 Å². The molecule has 2 N–H and O–H groups in total. The Kier molecular flexibility index (Phi) is 2.88. The fourth-order valence-corrected chi connectivity index (χ4v) is 1.90. The normalized spacial score (nSPS) is 10.6. The summed E-state index contributed by atoms with van der Waals surface area (Å²) in [5.41, 5.74) is 8.96. The molecule has 15 heavy (non-hydrogen) atoms. The van der Waals surface area contributed by atoms with E-state index in [4.69, 9.17) is 5.73 Å². The van der Waals surface area contributed by atoms with Crippen LogP contribution in [-0.2, 0) is 6.54 Å². The molecule has 0 spiro atoms. The number of nitrogens with zero attached hydrogens (tertiary/aromatic N) is 2. The zero-order chi connectivity index (χ0) is 10.8. The Morgan fingerprint density at radius 1 is 1.47 bits per heavy atom. The van der Waals surface area contributed by atoms with Crippen molar-refractivity contribution in [3.8, 4) is 5.69 Å². The maximum absolute atomic E-state index is 5.65. The van der Waals surface area contributed by atoms with E-state index in [1.54, 1.807) is 12.5 Å². The first kappa shape index (κ1) is 10.4. The minimum atomic E-state index is 0.492. The van der Waals surface area contributed by atoms with E-state index in [1.165, 1.54) is 5.56 Å². The van der Waals surface area contributed by atoms with Crippen LogP contribution in [0, 0.1) is 6.92 Å². The molecule has 0 radical (unpaired) electrons.